The summed E-state index contributed by atoms with van der Waals surface area (Å²) < 4.78 is 6.39. The Morgan fingerprint density at radius 2 is 2.12 bits per heavy atom. The second-order valence-electron chi connectivity index (χ2n) is 3.75. The van der Waals surface area contributed by atoms with Crippen molar-refractivity contribution in [3.05, 3.63) is 46.3 Å². The van der Waals surface area contributed by atoms with E-state index in [1.807, 2.05) is 13.0 Å². The minimum atomic E-state index is 0.680. The Bertz CT molecular complexity index is 510. The summed E-state index contributed by atoms with van der Waals surface area (Å²) >= 11 is 5.30. The number of nitrogens with two attached hydrogens (primary N) is 1. The van der Waals surface area contributed by atoms with E-state index in [9.17, 15) is 0 Å². The molecule has 0 bridgehead atoms. The minimum absolute atomic E-state index is 0.680. The lowest BCUT2D eigenvalue weighted by atomic mass is 10.2. The highest BCUT2D eigenvalue weighted by Gasteiger charge is 2.07. The molecule has 2 nitrogen and oxygen atoms in total. The lowest BCUT2D eigenvalue weighted by Crippen LogP contribution is -2.02. The van der Waals surface area contributed by atoms with E-state index in [1.165, 1.54) is 10.5 Å². The van der Waals surface area contributed by atoms with Crippen molar-refractivity contribution in [1.82, 2.24) is 0 Å². The maximum atomic E-state index is 5.55. The van der Waals surface area contributed by atoms with Crippen molar-refractivity contribution >= 4 is 27.7 Å². The van der Waals surface area contributed by atoms with Gasteiger partial charge in [0.05, 0.1) is 11.2 Å². The van der Waals surface area contributed by atoms with Crippen LogP contribution in [-0.4, -0.2) is 6.54 Å². The number of halogens is 1. The Kier molecular flexibility index (Phi) is 4.31. The van der Waals surface area contributed by atoms with Crippen LogP contribution in [0.2, 0.25) is 0 Å². The Balaban J connectivity index is 2.19. The fourth-order valence-corrected chi connectivity index (χ4v) is 3.06. The lowest BCUT2D eigenvalue weighted by Gasteiger charge is -2.06. The Morgan fingerprint density at radius 3 is 2.71 bits per heavy atom. The average Bonchev–Trinajstić information content (AvgIpc) is 2.69. The van der Waals surface area contributed by atoms with Crippen molar-refractivity contribution in [1.29, 1.82) is 0 Å². The van der Waals surface area contributed by atoms with Gasteiger partial charge in [-0.3, -0.25) is 0 Å². The maximum absolute atomic E-state index is 5.55. The van der Waals surface area contributed by atoms with Crippen LogP contribution in [0.1, 0.15) is 11.3 Å². The molecule has 0 aliphatic rings. The molecule has 4 heteroatoms. The van der Waals surface area contributed by atoms with E-state index in [0.29, 0.717) is 6.54 Å². The van der Waals surface area contributed by atoms with Crippen LogP contribution in [0.15, 0.2) is 49.2 Å². The van der Waals surface area contributed by atoms with Crippen molar-refractivity contribution in [2.75, 3.05) is 6.54 Å². The van der Waals surface area contributed by atoms with Gasteiger partial charge in [-0.15, -0.1) is 0 Å². The monoisotopic (exact) mass is 311 g/mol. The molecule has 0 fully saturated rings. The van der Waals surface area contributed by atoms with Crippen LogP contribution in [0.5, 0.6) is 0 Å². The summed E-state index contributed by atoms with van der Waals surface area (Å²) in [5, 5.41) is 0. The summed E-state index contributed by atoms with van der Waals surface area (Å²) in [5.74, 6) is 0.952. The molecule has 1 aromatic heterocycles. The zero-order chi connectivity index (χ0) is 12.3. The fourth-order valence-electron chi connectivity index (χ4n) is 1.55. The van der Waals surface area contributed by atoms with Gasteiger partial charge in [0, 0.05) is 9.37 Å². The van der Waals surface area contributed by atoms with Gasteiger partial charge in [-0.05, 0) is 59.6 Å². The molecule has 0 saturated carbocycles. The highest BCUT2D eigenvalue weighted by atomic mass is 79.9. The molecule has 0 unspecified atom stereocenters. The molecule has 2 aromatic rings. The second-order valence-corrected chi connectivity index (χ2v) is 5.68. The highest BCUT2D eigenvalue weighted by Crippen LogP contribution is 2.36. The summed E-state index contributed by atoms with van der Waals surface area (Å²) in [6, 6.07) is 8.35. The predicted octanol–water partition coefficient (Wildman–Crippen LogP) is 4.00. The van der Waals surface area contributed by atoms with Gasteiger partial charge < -0.3 is 10.2 Å². The van der Waals surface area contributed by atoms with Crippen molar-refractivity contribution < 1.29 is 4.42 Å². The smallest absolute Gasteiger partial charge is 0.114 e. The summed E-state index contributed by atoms with van der Waals surface area (Å²) in [4.78, 5) is 2.34. The maximum Gasteiger partial charge on any atom is 0.114 e. The normalized spacial score (nSPS) is 10.8. The van der Waals surface area contributed by atoms with E-state index in [4.69, 9.17) is 10.2 Å². The molecule has 17 heavy (non-hydrogen) atoms. The quantitative estimate of drug-likeness (QED) is 0.927. The van der Waals surface area contributed by atoms with Crippen LogP contribution in [0, 0.1) is 6.92 Å². The predicted molar refractivity (Wildman–Crippen MR) is 74.5 cm³/mol. The summed E-state index contributed by atoms with van der Waals surface area (Å²) in [5.41, 5.74) is 6.80. The van der Waals surface area contributed by atoms with Crippen molar-refractivity contribution in [2.45, 2.75) is 23.1 Å². The number of aryl methyl sites for hydroxylation is 1. The number of benzene rings is 1. The van der Waals surface area contributed by atoms with Crippen LogP contribution < -0.4 is 5.73 Å². The molecule has 90 valence electrons. The van der Waals surface area contributed by atoms with E-state index < -0.39 is 0 Å². The summed E-state index contributed by atoms with van der Waals surface area (Å²) in [6.45, 7) is 2.65. The first-order valence-corrected chi connectivity index (χ1v) is 7.02. The molecule has 1 aromatic carbocycles. The zero-order valence-electron chi connectivity index (χ0n) is 9.57. The number of rotatable bonds is 4. The van der Waals surface area contributed by atoms with Crippen LogP contribution >= 0.6 is 27.7 Å². The molecule has 0 atom stereocenters. The first kappa shape index (κ1) is 12.7. The molecule has 2 rings (SSSR count). The summed E-state index contributed by atoms with van der Waals surface area (Å²) in [6.07, 6.45) is 2.63. The molecular weight excluding hydrogens is 298 g/mol. The van der Waals surface area contributed by atoms with Crippen LogP contribution in [0.25, 0.3) is 0 Å². The van der Waals surface area contributed by atoms with E-state index in [2.05, 4.69) is 34.1 Å². The Labute approximate surface area is 114 Å². The SMILES string of the molecule is Cc1occc1Sc1ccc(CCN)cc1Br. The number of furan rings is 1. The van der Waals surface area contributed by atoms with E-state index in [-0.39, 0.29) is 0 Å². The molecular formula is C13H14BrNOS. The molecule has 0 saturated heterocycles. The fraction of sp³-hybridized carbons (Fsp3) is 0.231. The minimum Gasteiger partial charge on any atom is -0.468 e. The van der Waals surface area contributed by atoms with Gasteiger partial charge in [0.25, 0.3) is 0 Å². The second kappa shape index (κ2) is 5.76. The van der Waals surface area contributed by atoms with Crippen LogP contribution in [-0.2, 0) is 6.42 Å². The Hall–Kier alpha value is -0.710. The van der Waals surface area contributed by atoms with Crippen molar-refractivity contribution in [3.63, 3.8) is 0 Å². The zero-order valence-corrected chi connectivity index (χ0v) is 12.0. The molecule has 0 spiro atoms. The molecule has 2 N–H and O–H groups in total. The molecule has 0 aliphatic carbocycles. The first-order chi connectivity index (χ1) is 8.20. The molecule has 0 amide bonds. The van der Waals surface area contributed by atoms with Gasteiger partial charge in [0.2, 0.25) is 0 Å². The highest BCUT2D eigenvalue weighted by molar-refractivity contribution is 9.10. The van der Waals surface area contributed by atoms with Gasteiger partial charge in [-0.2, -0.15) is 0 Å². The third-order valence-electron chi connectivity index (χ3n) is 2.46. The van der Waals surface area contributed by atoms with E-state index >= 15 is 0 Å². The molecule has 1 heterocycles. The summed E-state index contributed by atoms with van der Waals surface area (Å²) in [7, 11) is 0. The third-order valence-corrected chi connectivity index (χ3v) is 4.60. The molecule has 0 radical (unpaired) electrons. The lowest BCUT2D eigenvalue weighted by molar-refractivity contribution is 0.527. The van der Waals surface area contributed by atoms with E-state index in [0.717, 1.165) is 21.5 Å². The Morgan fingerprint density at radius 1 is 1.29 bits per heavy atom. The first-order valence-electron chi connectivity index (χ1n) is 5.41. The van der Waals surface area contributed by atoms with Crippen LogP contribution in [0.4, 0.5) is 0 Å². The number of hydrogen-bond donors (Lipinski definition) is 1. The standard InChI is InChI=1S/C13H14BrNOS/c1-9-12(5-7-16-9)17-13-3-2-10(4-6-15)8-11(13)14/h2-3,5,7-8H,4,6,15H2,1H3. The van der Waals surface area contributed by atoms with Gasteiger partial charge in [-0.25, -0.2) is 0 Å². The topological polar surface area (TPSA) is 39.2 Å². The third kappa shape index (κ3) is 3.15. The van der Waals surface area contributed by atoms with Crippen molar-refractivity contribution in [2.24, 2.45) is 5.73 Å². The van der Waals surface area contributed by atoms with Crippen molar-refractivity contribution in [3.8, 4) is 0 Å². The largest absolute Gasteiger partial charge is 0.468 e. The van der Waals surface area contributed by atoms with E-state index in [1.54, 1.807) is 18.0 Å². The molecule has 0 aliphatic heterocycles. The van der Waals surface area contributed by atoms with Gasteiger partial charge >= 0.3 is 0 Å². The van der Waals surface area contributed by atoms with Gasteiger partial charge in [0.1, 0.15) is 5.76 Å². The van der Waals surface area contributed by atoms with Gasteiger partial charge in [0.15, 0.2) is 0 Å². The van der Waals surface area contributed by atoms with Crippen LogP contribution in [0.3, 0.4) is 0 Å². The van der Waals surface area contributed by atoms with Gasteiger partial charge in [-0.1, -0.05) is 17.8 Å². The average molecular weight is 312 g/mol. The number of hydrogen-bond acceptors (Lipinski definition) is 3.